The Morgan fingerprint density at radius 3 is 2.73 bits per heavy atom. The maximum absolute atomic E-state index is 10.8. The number of carboxylic acids is 1. The molecule has 0 aliphatic carbocycles. The van der Waals surface area contributed by atoms with Crippen LogP contribution in [0.1, 0.15) is 11.6 Å². The first-order valence-electron chi connectivity index (χ1n) is 3.93. The second kappa shape index (κ2) is 5.14. The predicted molar refractivity (Wildman–Crippen MR) is 58.7 cm³/mol. The molecular formula is C9H7BrClNO3. The van der Waals surface area contributed by atoms with Crippen LogP contribution in [0.4, 0.5) is 0 Å². The normalized spacial score (nSPS) is 11.9. The third kappa shape index (κ3) is 2.94. The number of aliphatic carboxylic acids is 1. The van der Waals surface area contributed by atoms with Gasteiger partial charge in [-0.05, 0) is 33.6 Å². The van der Waals surface area contributed by atoms with Gasteiger partial charge in [0.1, 0.15) is 0 Å². The van der Waals surface area contributed by atoms with Crippen LogP contribution < -0.4 is 5.32 Å². The van der Waals surface area contributed by atoms with Crippen LogP contribution in [-0.2, 0) is 9.59 Å². The third-order valence-corrected chi connectivity index (χ3v) is 2.99. The van der Waals surface area contributed by atoms with Crippen molar-refractivity contribution >= 4 is 39.9 Å². The Labute approximate surface area is 99.4 Å². The maximum Gasteiger partial charge on any atom is 0.330 e. The molecule has 1 unspecified atom stereocenters. The first-order chi connectivity index (χ1) is 7.06. The molecule has 0 bridgehead atoms. The maximum atomic E-state index is 10.8. The molecule has 0 aliphatic heterocycles. The van der Waals surface area contributed by atoms with Crippen molar-refractivity contribution in [2.45, 2.75) is 6.04 Å². The van der Waals surface area contributed by atoms with Crippen molar-refractivity contribution in [1.82, 2.24) is 5.32 Å². The van der Waals surface area contributed by atoms with E-state index in [0.29, 0.717) is 21.5 Å². The number of benzene rings is 1. The minimum absolute atomic E-state index is 0.342. The molecule has 0 radical (unpaired) electrons. The van der Waals surface area contributed by atoms with Crippen LogP contribution in [0.25, 0.3) is 0 Å². The Morgan fingerprint density at radius 1 is 1.60 bits per heavy atom. The lowest BCUT2D eigenvalue weighted by Crippen LogP contribution is -2.27. The smallest absolute Gasteiger partial charge is 0.330 e. The van der Waals surface area contributed by atoms with Gasteiger partial charge in [0.15, 0.2) is 6.04 Å². The zero-order chi connectivity index (χ0) is 11.4. The number of halogens is 2. The monoisotopic (exact) mass is 291 g/mol. The van der Waals surface area contributed by atoms with E-state index in [2.05, 4.69) is 21.2 Å². The highest BCUT2D eigenvalue weighted by Crippen LogP contribution is 2.26. The average molecular weight is 293 g/mol. The summed E-state index contributed by atoms with van der Waals surface area (Å²) < 4.78 is 0.670. The van der Waals surface area contributed by atoms with E-state index in [1.165, 1.54) is 6.07 Å². The Kier molecular flexibility index (Phi) is 4.11. The molecule has 0 aliphatic rings. The van der Waals surface area contributed by atoms with Crippen molar-refractivity contribution in [3.8, 4) is 0 Å². The first-order valence-corrected chi connectivity index (χ1v) is 5.11. The summed E-state index contributed by atoms with van der Waals surface area (Å²) in [6.45, 7) is 0. The lowest BCUT2D eigenvalue weighted by Gasteiger charge is -2.11. The zero-order valence-corrected chi connectivity index (χ0v) is 9.75. The topological polar surface area (TPSA) is 66.4 Å². The minimum atomic E-state index is -1.14. The quantitative estimate of drug-likeness (QED) is 0.834. The minimum Gasteiger partial charge on any atom is -0.479 e. The lowest BCUT2D eigenvalue weighted by atomic mass is 10.1. The second-order valence-corrected chi connectivity index (χ2v) is 3.99. The largest absolute Gasteiger partial charge is 0.479 e. The highest BCUT2D eigenvalue weighted by atomic mass is 79.9. The van der Waals surface area contributed by atoms with Gasteiger partial charge >= 0.3 is 5.97 Å². The van der Waals surface area contributed by atoms with Gasteiger partial charge in [-0.1, -0.05) is 17.7 Å². The molecule has 0 spiro atoms. The van der Waals surface area contributed by atoms with E-state index in [1.54, 1.807) is 12.1 Å². The van der Waals surface area contributed by atoms with Crippen LogP contribution in [0.5, 0.6) is 0 Å². The summed E-state index contributed by atoms with van der Waals surface area (Å²) in [6, 6.07) is 3.61. The summed E-state index contributed by atoms with van der Waals surface area (Å²) in [5.74, 6) is -1.14. The van der Waals surface area contributed by atoms with Gasteiger partial charge in [-0.25, -0.2) is 4.79 Å². The van der Waals surface area contributed by atoms with Crippen LogP contribution in [0.15, 0.2) is 22.7 Å². The molecule has 0 heterocycles. The number of carbonyl (C=O) groups excluding carboxylic acids is 1. The Bertz CT molecular complexity index is 397. The zero-order valence-electron chi connectivity index (χ0n) is 7.41. The molecule has 0 saturated heterocycles. The number of hydrogen-bond donors (Lipinski definition) is 2. The van der Waals surface area contributed by atoms with Gasteiger partial charge in [-0.15, -0.1) is 0 Å². The van der Waals surface area contributed by atoms with E-state index in [9.17, 15) is 9.59 Å². The lowest BCUT2D eigenvalue weighted by molar-refractivity contribution is -0.140. The van der Waals surface area contributed by atoms with Crippen LogP contribution in [0, 0.1) is 0 Å². The predicted octanol–water partition coefficient (Wildman–Crippen LogP) is 1.97. The summed E-state index contributed by atoms with van der Waals surface area (Å²) >= 11 is 8.99. The van der Waals surface area contributed by atoms with Gasteiger partial charge in [0.2, 0.25) is 6.41 Å². The molecule has 2 N–H and O–H groups in total. The SMILES string of the molecule is O=CNC(C(=O)O)c1ccc(Br)c(Cl)c1. The van der Waals surface area contributed by atoms with E-state index >= 15 is 0 Å². The van der Waals surface area contributed by atoms with E-state index in [0.717, 1.165) is 0 Å². The molecule has 0 aromatic heterocycles. The van der Waals surface area contributed by atoms with Crippen molar-refractivity contribution in [2.24, 2.45) is 0 Å². The molecule has 1 amide bonds. The molecule has 1 aromatic carbocycles. The first kappa shape index (κ1) is 12.0. The molecular weight excluding hydrogens is 285 g/mol. The summed E-state index contributed by atoms with van der Waals surface area (Å²) in [5.41, 5.74) is 0.419. The molecule has 6 heteroatoms. The fourth-order valence-electron chi connectivity index (χ4n) is 1.07. The molecule has 1 rings (SSSR count). The molecule has 4 nitrogen and oxygen atoms in total. The number of amides is 1. The highest BCUT2D eigenvalue weighted by molar-refractivity contribution is 9.10. The highest BCUT2D eigenvalue weighted by Gasteiger charge is 2.19. The van der Waals surface area contributed by atoms with Crippen molar-refractivity contribution in [2.75, 3.05) is 0 Å². The van der Waals surface area contributed by atoms with Crippen LogP contribution in [0.3, 0.4) is 0 Å². The standard InChI is InChI=1S/C9H7BrClNO3/c10-6-2-1-5(3-7(6)11)8(9(14)15)12-4-13/h1-4,8H,(H,12,13)(H,14,15). The van der Waals surface area contributed by atoms with Crippen molar-refractivity contribution < 1.29 is 14.7 Å². The molecule has 15 heavy (non-hydrogen) atoms. The Morgan fingerprint density at radius 2 is 2.27 bits per heavy atom. The van der Waals surface area contributed by atoms with E-state index in [1.807, 2.05) is 0 Å². The fraction of sp³-hybridized carbons (Fsp3) is 0.111. The van der Waals surface area contributed by atoms with Gasteiger partial charge in [-0.3, -0.25) is 4.79 Å². The van der Waals surface area contributed by atoms with Crippen molar-refractivity contribution in [3.63, 3.8) is 0 Å². The van der Waals surface area contributed by atoms with Crippen molar-refractivity contribution in [3.05, 3.63) is 33.3 Å². The fourth-order valence-corrected chi connectivity index (χ4v) is 1.51. The molecule has 1 aromatic rings. The molecule has 80 valence electrons. The number of nitrogens with one attached hydrogen (secondary N) is 1. The van der Waals surface area contributed by atoms with E-state index < -0.39 is 12.0 Å². The summed E-state index contributed by atoms with van der Waals surface area (Å²) in [7, 11) is 0. The summed E-state index contributed by atoms with van der Waals surface area (Å²) in [5, 5.41) is 11.4. The summed E-state index contributed by atoms with van der Waals surface area (Å²) in [6.07, 6.45) is 0.342. The van der Waals surface area contributed by atoms with Gasteiger partial charge < -0.3 is 10.4 Å². The van der Waals surface area contributed by atoms with Crippen LogP contribution in [0.2, 0.25) is 5.02 Å². The Balaban J connectivity index is 3.06. The van der Waals surface area contributed by atoms with Crippen LogP contribution in [-0.4, -0.2) is 17.5 Å². The summed E-state index contributed by atoms with van der Waals surface area (Å²) in [4.78, 5) is 21.0. The molecule has 0 fully saturated rings. The number of carbonyl (C=O) groups is 2. The van der Waals surface area contributed by atoms with Gasteiger partial charge in [0, 0.05) is 4.47 Å². The number of hydrogen-bond acceptors (Lipinski definition) is 2. The molecule has 1 atom stereocenters. The third-order valence-electron chi connectivity index (χ3n) is 1.76. The number of carboxylic acid groups (broad SMARTS) is 1. The second-order valence-electron chi connectivity index (χ2n) is 2.73. The van der Waals surface area contributed by atoms with Gasteiger partial charge in [-0.2, -0.15) is 0 Å². The average Bonchev–Trinajstić information content (AvgIpc) is 2.18. The van der Waals surface area contributed by atoms with Gasteiger partial charge in [0.05, 0.1) is 5.02 Å². The van der Waals surface area contributed by atoms with E-state index in [4.69, 9.17) is 16.7 Å². The van der Waals surface area contributed by atoms with Gasteiger partial charge in [0.25, 0.3) is 0 Å². The van der Waals surface area contributed by atoms with E-state index in [-0.39, 0.29) is 0 Å². The van der Waals surface area contributed by atoms with Crippen LogP contribution >= 0.6 is 27.5 Å². The Hall–Kier alpha value is -1.07. The van der Waals surface area contributed by atoms with Crippen molar-refractivity contribution in [1.29, 1.82) is 0 Å². The molecule has 0 saturated carbocycles. The number of rotatable bonds is 4.